The molecule has 5 heteroatoms. The Bertz CT molecular complexity index is 311. The standard InChI is InChI=1S/C9H13NO3S/c1-6(4-11)10-9(12)8-3-7(13-2)5-14-8/h3,5-6,11H,4H2,1-2H3,(H,10,12). The van der Waals surface area contributed by atoms with Gasteiger partial charge in [-0.25, -0.2) is 0 Å². The van der Waals surface area contributed by atoms with Crippen LogP contribution in [0.4, 0.5) is 0 Å². The molecular weight excluding hydrogens is 202 g/mol. The lowest BCUT2D eigenvalue weighted by Gasteiger charge is -2.08. The maximum atomic E-state index is 11.5. The van der Waals surface area contributed by atoms with Gasteiger partial charge in [-0.3, -0.25) is 4.79 Å². The summed E-state index contributed by atoms with van der Waals surface area (Å²) in [6.45, 7) is 1.68. The van der Waals surface area contributed by atoms with Crippen molar-refractivity contribution in [2.45, 2.75) is 13.0 Å². The highest BCUT2D eigenvalue weighted by Crippen LogP contribution is 2.20. The molecule has 78 valence electrons. The van der Waals surface area contributed by atoms with Crippen molar-refractivity contribution in [1.82, 2.24) is 5.32 Å². The van der Waals surface area contributed by atoms with Gasteiger partial charge in [0.1, 0.15) is 5.75 Å². The fourth-order valence-electron chi connectivity index (χ4n) is 0.885. The molecule has 1 aromatic heterocycles. The third-order valence-electron chi connectivity index (χ3n) is 1.69. The Balaban J connectivity index is 2.60. The number of thiophene rings is 1. The van der Waals surface area contributed by atoms with Crippen molar-refractivity contribution in [1.29, 1.82) is 0 Å². The lowest BCUT2D eigenvalue weighted by Crippen LogP contribution is -2.34. The van der Waals surface area contributed by atoms with Crippen LogP contribution < -0.4 is 10.1 Å². The largest absolute Gasteiger partial charge is 0.496 e. The van der Waals surface area contributed by atoms with Crippen LogP contribution in [0, 0.1) is 0 Å². The maximum Gasteiger partial charge on any atom is 0.261 e. The molecule has 0 aliphatic rings. The Kier molecular flexibility index (Phi) is 3.91. The van der Waals surface area contributed by atoms with E-state index in [4.69, 9.17) is 9.84 Å². The third-order valence-corrected chi connectivity index (χ3v) is 2.59. The van der Waals surface area contributed by atoms with Crippen LogP contribution in [0.1, 0.15) is 16.6 Å². The van der Waals surface area contributed by atoms with Gasteiger partial charge in [0, 0.05) is 17.5 Å². The molecule has 1 rings (SSSR count). The van der Waals surface area contributed by atoms with Crippen molar-refractivity contribution >= 4 is 17.2 Å². The fourth-order valence-corrected chi connectivity index (χ4v) is 1.64. The highest BCUT2D eigenvalue weighted by molar-refractivity contribution is 7.12. The Hall–Kier alpha value is -1.07. The second kappa shape index (κ2) is 4.97. The first-order valence-electron chi connectivity index (χ1n) is 4.21. The van der Waals surface area contributed by atoms with Crippen molar-refractivity contribution in [2.24, 2.45) is 0 Å². The van der Waals surface area contributed by atoms with Gasteiger partial charge in [-0.15, -0.1) is 11.3 Å². The summed E-state index contributed by atoms with van der Waals surface area (Å²) in [5.74, 6) is 0.497. The molecular formula is C9H13NO3S. The predicted molar refractivity (Wildman–Crippen MR) is 54.9 cm³/mol. The minimum Gasteiger partial charge on any atom is -0.496 e. The summed E-state index contributed by atoms with van der Waals surface area (Å²) in [5, 5.41) is 13.2. The molecule has 4 nitrogen and oxygen atoms in total. The Morgan fingerprint density at radius 2 is 2.50 bits per heavy atom. The monoisotopic (exact) mass is 215 g/mol. The van der Waals surface area contributed by atoms with Gasteiger partial charge in [0.15, 0.2) is 0 Å². The van der Waals surface area contributed by atoms with E-state index < -0.39 is 0 Å². The first-order chi connectivity index (χ1) is 6.67. The molecule has 0 aliphatic heterocycles. The minimum atomic E-state index is -0.226. The number of amides is 1. The minimum absolute atomic E-state index is 0.0613. The zero-order chi connectivity index (χ0) is 10.6. The zero-order valence-corrected chi connectivity index (χ0v) is 8.93. The molecule has 1 unspecified atom stereocenters. The van der Waals surface area contributed by atoms with E-state index in [0.29, 0.717) is 10.6 Å². The van der Waals surface area contributed by atoms with E-state index in [1.165, 1.54) is 11.3 Å². The summed E-state index contributed by atoms with van der Waals surface area (Å²) in [5.41, 5.74) is 0. The molecule has 0 fully saturated rings. The van der Waals surface area contributed by atoms with E-state index in [1.54, 1.807) is 25.5 Å². The Morgan fingerprint density at radius 1 is 1.79 bits per heavy atom. The van der Waals surface area contributed by atoms with Gasteiger partial charge < -0.3 is 15.2 Å². The van der Waals surface area contributed by atoms with Crippen LogP contribution >= 0.6 is 11.3 Å². The number of carbonyl (C=O) groups is 1. The smallest absolute Gasteiger partial charge is 0.261 e. The number of ether oxygens (including phenoxy) is 1. The number of hydrogen-bond acceptors (Lipinski definition) is 4. The number of hydrogen-bond donors (Lipinski definition) is 2. The Morgan fingerprint density at radius 3 is 3.00 bits per heavy atom. The van der Waals surface area contributed by atoms with E-state index in [0.717, 1.165) is 0 Å². The number of methoxy groups -OCH3 is 1. The zero-order valence-electron chi connectivity index (χ0n) is 8.11. The van der Waals surface area contributed by atoms with Crippen LogP contribution in [-0.2, 0) is 0 Å². The molecule has 1 aromatic rings. The number of aliphatic hydroxyl groups is 1. The van der Waals surface area contributed by atoms with Crippen molar-refractivity contribution in [3.05, 3.63) is 16.3 Å². The normalized spacial score (nSPS) is 12.2. The van der Waals surface area contributed by atoms with Gasteiger partial charge in [0.25, 0.3) is 5.91 Å². The summed E-state index contributed by atoms with van der Waals surface area (Å²) >= 11 is 1.32. The van der Waals surface area contributed by atoms with E-state index >= 15 is 0 Å². The lowest BCUT2D eigenvalue weighted by molar-refractivity contribution is 0.0926. The number of carbonyl (C=O) groups excluding carboxylic acids is 1. The van der Waals surface area contributed by atoms with E-state index in [2.05, 4.69) is 5.32 Å². The average Bonchev–Trinajstić information content (AvgIpc) is 2.65. The average molecular weight is 215 g/mol. The molecule has 1 atom stereocenters. The first-order valence-corrected chi connectivity index (χ1v) is 5.09. The summed E-state index contributed by atoms with van der Waals surface area (Å²) in [4.78, 5) is 12.1. The molecule has 14 heavy (non-hydrogen) atoms. The van der Waals surface area contributed by atoms with Gasteiger partial charge in [0.2, 0.25) is 0 Å². The van der Waals surface area contributed by atoms with E-state index in [-0.39, 0.29) is 18.6 Å². The molecule has 1 amide bonds. The maximum absolute atomic E-state index is 11.5. The molecule has 0 radical (unpaired) electrons. The number of nitrogens with one attached hydrogen (secondary N) is 1. The van der Waals surface area contributed by atoms with Crippen LogP contribution in [0.2, 0.25) is 0 Å². The second-order valence-electron chi connectivity index (χ2n) is 2.91. The van der Waals surface area contributed by atoms with Crippen molar-refractivity contribution in [2.75, 3.05) is 13.7 Å². The summed E-state index contributed by atoms with van der Waals surface area (Å²) in [6.07, 6.45) is 0. The predicted octanol–water partition coefficient (Wildman–Crippen LogP) is 0.867. The van der Waals surface area contributed by atoms with Crippen molar-refractivity contribution in [3.63, 3.8) is 0 Å². The summed E-state index contributed by atoms with van der Waals surface area (Å²) in [6, 6.07) is 1.44. The lowest BCUT2D eigenvalue weighted by atomic mass is 10.3. The molecule has 2 N–H and O–H groups in total. The number of rotatable bonds is 4. The molecule has 0 saturated carbocycles. The molecule has 0 aliphatic carbocycles. The van der Waals surface area contributed by atoms with Crippen LogP contribution in [0.5, 0.6) is 5.75 Å². The highest BCUT2D eigenvalue weighted by atomic mass is 32.1. The quantitative estimate of drug-likeness (QED) is 0.783. The van der Waals surface area contributed by atoms with E-state index in [9.17, 15) is 4.79 Å². The van der Waals surface area contributed by atoms with Crippen LogP contribution in [0.15, 0.2) is 11.4 Å². The summed E-state index contributed by atoms with van der Waals surface area (Å²) in [7, 11) is 1.56. The summed E-state index contributed by atoms with van der Waals surface area (Å²) < 4.78 is 4.96. The van der Waals surface area contributed by atoms with Gasteiger partial charge in [-0.1, -0.05) is 0 Å². The van der Waals surface area contributed by atoms with Gasteiger partial charge in [-0.2, -0.15) is 0 Å². The first kappa shape index (κ1) is 11.0. The van der Waals surface area contributed by atoms with Gasteiger partial charge in [0.05, 0.1) is 18.6 Å². The fraction of sp³-hybridized carbons (Fsp3) is 0.444. The number of aliphatic hydroxyl groups excluding tert-OH is 1. The van der Waals surface area contributed by atoms with Crippen LogP contribution in [0.25, 0.3) is 0 Å². The molecule has 0 bridgehead atoms. The molecule has 0 spiro atoms. The van der Waals surface area contributed by atoms with Crippen LogP contribution in [0.3, 0.4) is 0 Å². The van der Waals surface area contributed by atoms with Gasteiger partial charge in [-0.05, 0) is 6.92 Å². The van der Waals surface area contributed by atoms with Gasteiger partial charge >= 0.3 is 0 Å². The topological polar surface area (TPSA) is 58.6 Å². The van der Waals surface area contributed by atoms with Crippen molar-refractivity contribution < 1.29 is 14.6 Å². The Labute approximate surface area is 86.5 Å². The highest BCUT2D eigenvalue weighted by Gasteiger charge is 2.11. The second-order valence-corrected chi connectivity index (χ2v) is 3.82. The van der Waals surface area contributed by atoms with Crippen molar-refractivity contribution in [3.8, 4) is 5.75 Å². The molecule has 1 heterocycles. The SMILES string of the molecule is COc1csc(C(=O)NC(C)CO)c1. The van der Waals surface area contributed by atoms with Crippen LogP contribution in [-0.4, -0.2) is 30.8 Å². The molecule has 0 aromatic carbocycles. The third kappa shape index (κ3) is 2.71. The van der Waals surface area contributed by atoms with E-state index in [1.807, 2.05) is 0 Å². The molecule has 0 saturated heterocycles.